The van der Waals surface area contributed by atoms with Crippen LogP contribution in [0.15, 0.2) is 40.7 Å². The lowest BCUT2D eigenvalue weighted by Crippen LogP contribution is -2.30. The molecule has 0 amide bonds. The highest BCUT2D eigenvalue weighted by molar-refractivity contribution is 7.99. The predicted molar refractivity (Wildman–Crippen MR) is 124 cm³/mol. The summed E-state index contributed by atoms with van der Waals surface area (Å²) < 4.78 is 13.1. The van der Waals surface area contributed by atoms with Crippen LogP contribution in [-0.2, 0) is 9.53 Å². The van der Waals surface area contributed by atoms with Gasteiger partial charge in [-0.25, -0.2) is 9.48 Å². The maximum absolute atomic E-state index is 13.0. The van der Waals surface area contributed by atoms with Crippen molar-refractivity contribution in [1.82, 2.24) is 14.8 Å². The molecule has 1 aliphatic rings. The molecule has 31 heavy (non-hydrogen) atoms. The number of aromatic nitrogens is 3. The van der Waals surface area contributed by atoms with Gasteiger partial charge in [-0.2, -0.15) is 4.98 Å². The van der Waals surface area contributed by atoms with Crippen LogP contribution in [0.1, 0.15) is 65.5 Å². The number of esters is 1. The number of hydrogen-bond donors (Lipinski definition) is 1. The van der Waals surface area contributed by atoms with Crippen LogP contribution in [0.25, 0.3) is 0 Å². The molecule has 2 aromatic rings. The van der Waals surface area contributed by atoms with E-state index >= 15 is 0 Å². The lowest BCUT2D eigenvalue weighted by Gasteiger charge is -2.28. The van der Waals surface area contributed by atoms with Crippen LogP contribution < -0.4 is 10.1 Å². The van der Waals surface area contributed by atoms with Gasteiger partial charge in [-0.3, -0.25) is 0 Å². The van der Waals surface area contributed by atoms with Crippen LogP contribution >= 0.6 is 11.8 Å². The first-order chi connectivity index (χ1) is 14.9. The number of rotatable bonds is 10. The Morgan fingerprint density at radius 1 is 1.23 bits per heavy atom. The Morgan fingerprint density at radius 2 is 1.97 bits per heavy atom. The molecule has 1 unspecified atom stereocenters. The van der Waals surface area contributed by atoms with E-state index in [-0.39, 0.29) is 12.1 Å². The topological polar surface area (TPSA) is 78.3 Å². The number of ether oxygens (including phenoxy) is 2. The first-order valence-electron chi connectivity index (χ1n) is 10.9. The fourth-order valence-corrected chi connectivity index (χ4v) is 4.00. The molecule has 1 aromatic carbocycles. The molecule has 8 heteroatoms. The Bertz CT molecular complexity index is 921. The van der Waals surface area contributed by atoms with Crippen molar-refractivity contribution in [3.05, 3.63) is 41.1 Å². The molecule has 1 atom stereocenters. The van der Waals surface area contributed by atoms with E-state index in [1.165, 1.54) is 0 Å². The summed E-state index contributed by atoms with van der Waals surface area (Å²) in [7, 11) is 0. The smallest absolute Gasteiger partial charge is 0.338 e. The van der Waals surface area contributed by atoms with E-state index in [0.29, 0.717) is 23.3 Å². The van der Waals surface area contributed by atoms with E-state index in [1.807, 2.05) is 45.0 Å². The van der Waals surface area contributed by atoms with Crippen LogP contribution in [0.4, 0.5) is 5.95 Å². The molecule has 1 N–H and O–H groups in total. The number of thioether (sulfide) groups is 1. The first-order valence-corrected chi connectivity index (χ1v) is 11.9. The highest BCUT2D eigenvalue weighted by atomic mass is 32.2. The number of unbranched alkanes of at least 4 members (excludes halogenated alkanes) is 1. The molecule has 3 rings (SSSR count). The molecule has 0 radical (unpaired) electrons. The third-order valence-electron chi connectivity index (χ3n) is 4.79. The number of carbonyl (C=O) groups excluding carboxylic acids is 1. The fraction of sp³-hybridized carbons (Fsp3) is 0.522. The van der Waals surface area contributed by atoms with Gasteiger partial charge < -0.3 is 14.8 Å². The monoisotopic (exact) mass is 444 g/mol. The van der Waals surface area contributed by atoms with Crippen molar-refractivity contribution in [1.29, 1.82) is 0 Å². The highest BCUT2D eigenvalue weighted by Gasteiger charge is 2.35. The second-order valence-electron chi connectivity index (χ2n) is 7.80. The molecule has 168 valence electrons. The van der Waals surface area contributed by atoms with E-state index in [9.17, 15) is 4.79 Å². The summed E-state index contributed by atoms with van der Waals surface area (Å²) in [6.07, 6.45) is 2.93. The van der Waals surface area contributed by atoms with Crippen molar-refractivity contribution in [2.45, 2.75) is 71.2 Å². The molecule has 0 fully saturated rings. The number of allylic oxidation sites excluding steroid dienone is 1. The van der Waals surface area contributed by atoms with Crippen molar-refractivity contribution in [2.24, 2.45) is 0 Å². The molecule has 0 aliphatic carbocycles. The van der Waals surface area contributed by atoms with Crippen LogP contribution in [-0.4, -0.2) is 39.2 Å². The van der Waals surface area contributed by atoms with Crippen LogP contribution in [0.5, 0.6) is 5.75 Å². The Labute approximate surface area is 188 Å². The highest BCUT2D eigenvalue weighted by Crippen LogP contribution is 2.37. The second-order valence-corrected chi connectivity index (χ2v) is 8.86. The standard InChI is InChI=1S/C23H32N4O3S/c1-6-8-13-29-18-11-9-17(10-12-18)20-19(21(28)30-15(3)4)16(5)24-22-25-23(26-27(20)22)31-14-7-2/h9-12,15,20H,6-8,13-14H2,1-5H3,(H,24,25,26). The van der Waals surface area contributed by atoms with Gasteiger partial charge in [-0.15, -0.1) is 5.10 Å². The maximum Gasteiger partial charge on any atom is 0.338 e. The minimum absolute atomic E-state index is 0.212. The number of nitrogens with zero attached hydrogens (tertiary/aromatic N) is 3. The molecule has 1 aliphatic heterocycles. The fourth-order valence-electron chi connectivity index (χ4n) is 3.32. The predicted octanol–water partition coefficient (Wildman–Crippen LogP) is 5.20. The molecule has 0 saturated heterocycles. The van der Waals surface area contributed by atoms with Crippen molar-refractivity contribution < 1.29 is 14.3 Å². The molecule has 0 spiro atoms. The summed E-state index contributed by atoms with van der Waals surface area (Å²) in [6, 6.07) is 7.43. The molecule has 0 saturated carbocycles. The minimum atomic E-state index is -0.421. The van der Waals surface area contributed by atoms with Crippen LogP contribution in [0.3, 0.4) is 0 Å². The summed E-state index contributed by atoms with van der Waals surface area (Å²) in [4.78, 5) is 17.7. The van der Waals surface area contributed by atoms with Gasteiger partial charge in [0.1, 0.15) is 11.8 Å². The molecule has 0 bridgehead atoms. The van der Waals surface area contributed by atoms with E-state index in [1.54, 1.807) is 16.4 Å². The second kappa shape index (κ2) is 10.7. The number of carbonyl (C=O) groups is 1. The third-order valence-corrected chi connectivity index (χ3v) is 5.84. The van der Waals surface area contributed by atoms with Gasteiger partial charge in [0.25, 0.3) is 0 Å². The number of benzene rings is 1. The lowest BCUT2D eigenvalue weighted by molar-refractivity contribution is -0.143. The van der Waals surface area contributed by atoms with Crippen molar-refractivity contribution in [2.75, 3.05) is 17.7 Å². The zero-order valence-corrected chi connectivity index (χ0v) is 19.8. The molecule has 7 nitrogen and oxygen atoms in total. The molecular formula is C23H32N4O3S. The number of anilines is 1. The quantitative estimate of drug-likeness (QED) is 0.306. The first kappa shape index (κ1) is 23.2. The zero-order chi connectivity index (χ0) is 22.4. The van der Waals surface area contributed by atoms with Gasteiger partial charge in [0.15, 0.2) is 0 Å². The average molecular weight is 445 g/mol. The van der Waals surface area contributed by atoms with Gasteiger partial charge >= 0.3 is 5.97 Å². The number of nitrogens with one attached hydrogen (secondary N) is 1. The van der Waals surface area contributed by atoms with Crippen LogP contribution in [0.2, 0.25) is 0 Å². The van der Waals surface area contributed by atoms with Crippen molar-refractivity contribution >= 4 is 23.7 Å². The average Bonchev–Trinajstić information content (AvgIpc) is 3.13. The molecule has 2 heterocycles. The minimum Gasteiger partial charge on any atom is -0.494 e. The zero-order valence-electron chi connectivity index (χ0n) is 19.0. The summed E-state index contributed by atoms with van der Waals surface area (Å²) in [5.41, 5.74) is 2.20. The van der Waals surface area contributed by atoms with E-state index < -0.39 is 6.04 Å². The van der Waals surface area contributed by atoms with E-state index in [4.69, 9.17) is 14.6 Å². The Hall–Kier alpha value is -2.48. The van der Waals surface area contributed by atoms with Gasteiger partial charge in [0.2, 0.25) is 11.1 Å². The SMILES string of the molecule is CCCCOc1ccc(C2C(C(=O)OC(C)C)=C(C)Nc3nc(SCCC)nn32)cc1. The summed E-state index contributed by atoms with van der Waals surface area (Å²) in [6.45, 7) is 10.5. The van der Waals surface area contributed by atoms with Gasteiger partial charge in [0, 0.05) is 11.4 Å². The third kappa shape index (κ3) is 5.61. The van der Waals surface area contributed by atoms with Gasteiger partial charge in [-0.05, 0) is 51.3 Å². The Kier molecular flexibility index (Phi) is 8.01. The van der Waals surface area contributed by atoms with Crippen molar-refractivity contribution in [3.8, 4) is 5.75 Å². The number of hydrogen-bond acceptors (Lipinski definition) is 7. The molecule has 1 aromatic heterocycles. The summed E-state index contributed by atoms with van der Waals surface area (Å²) in [5, 5.41) is 8.64. The van der Waals surface area contributed by atoms with Crippen LogP contribution in [0, 0.1) is 0 Å². The normalized spacial score (nSPS) is 15.6. The lowest BCUT2D eigenvalue weighted by atomic mass is 9.95. The van der Waals surface area contributed by atoms with Crippen molar-refractivity contribution in [3.63, 3.8) is 0 Å². The molecular weight excluding hydrogens is 412 g/mol. The summed E-state index contributed by atoms with van der Waals surface area (Å²) in [5.74, 6) is 2.03. The largest absolute Gasteiger partial charge is 0.494 e. The van der Waals surface area contributed by atoms with E-state index in [0.717, 1.165) is 42.0 Å². The summed E-state index contributed by atoms with van der Waals surface area (Å²) >= 11 is 1.61. The van der Waals surface area contributed by atoms with Gasteiger partial charge in [-0.1, -0.05) is 44.2 Å². The maximum atomic E-state index is 13.0. The Balaban J connectivity index is 1.97. The van der Waals surface area contributed by atoms with E-state index in [2.05, 4.69) is 24.1 Å². The van der Waals surface area contributed by atoms with Gasteiger partial charge in [0.05, 0.1) is 18.3 Å². The Morgan fingerprint density at radius 3 is 2.61 bits per heavy atom. The number of fused-ring (bicyclic) bond motifs is 1.